The van der Waals surface area contributed by atoms with Crippen LogP contribution in [0.5, 0.6) is 0 Å². The van der Waals surface area contributed by atoms with E-state index in [2.05, 4.69) is 0 Å². The van der Waals surface area contributed by atoms with Crippen LogP contribution in [0.25, 0.3) is 0 Å². The van der Waals surface area contributed by atoms with Crippen LogP contribution in [0.1, 0.15) is 41.5 Å². The molecule has 0 aromatic heterocycles. The highest BCUT2D eigenvalue weighted by atomic mass is 127. The lowest BCUT2D eigenvalue weighted by atomic mass is 10.1. The van der Waals surface area contributed by atoms with Crippen molar-refractivity contribution in [2.45, 2.75) is 26.4 Å². The predicted octanol–water partition coefficient (Wildman–Crippen LogP) is 3.55. The maximum Gasteiger partial charge on any atom is 0.339 e. The Balaban J connectivity index is 3.16. The average Bonchev–Trinajstić information content (AvgIpc) is 2.17. The van der Waals surface area contributed by atoms with Gasteiger partial charge in [0.1, 0.15) is 5.60 Å². The zero-order valence-corrected chi connectivity index (χ0v) is 14.4. The van der Waals surface area contributed by atoms with Gasteiger partial charge >= 0.3 is 11.9 Å². The van der Waals surface area contributed by atoms with Crippen LogP contribution in [0.4, 0.5) is 0 Å². The Hall–Kier alpha value is -0.380. The third-order valence-corrected chi connectivity index (χ3v) is 3.69. The van der Waals surface area contributed by atoms with E-state index in [1.165, 1.54) is 6.07 Å². The van der Waals surface area contributed by atoms with Crippen LogP contribution in [0.2, 0.25) is 0 Å². The summed E-state index contributed by atoms with van der Waals surface area (Å²) >= 11 is 3.83. The molecular formula is C12H12I2O4. The summed E-state index contributed by atoms with van der Waals surface area (Å²) in [5, 5.41) is 8.98. The lowest BCUT2D eigenvalue weighted by molar-refractivity contribution is 0.00678. The van der Waals surface area contributed by atoms with E-state index in [1.807, 2.05) is 45.2 Å². The number of aromatic carboxylic acids is 1. The molecule has 0 unspecified atom stereocenters. The first-order chi connectivity index (χ1) is 8.11. The Morgan fingerprint density at radius 2 is 1.56 bits per heavy atom. The van der Waals surface area contributed by atoms with Gasteiger partial charge in [-0.25, -0.2) is 9.59 Å². The van der Waals surface area contributed by atoms with Gasteiger partial charge in [0.15, 0.2) is 0 Å². The molecule has 0 bridgehead atoms. The summed E-state index contributed by atoms with van der Waals surface area (Å²) < 4.78 is 6.35. The van der Waals surface area contributed by atoms with Gasteiger partial charge in [-0.15, -0.1) is 0 Å². The van der Waals surface area contributed by atoms with E-state index in [9.17, 15) is 9.59 Å². The summed E-state index contributed by atoms with van der Waals surface area (Å²) in [5.74, 6) is -1.45. The number of halogens is 2. The number of carbonyl (C=O) groups is 2. The minimum atomic E-state index is -1.01. The molecule has 0 heterocycles. The lowest BCUT2D eigenvalue weighted by Crippen LogP contribution is -2.24. The highest BCUT2D eigenvalue weighted by Gasteiger charge is 2.22. The number of hydrogen-bond donors (Lipinski definition) is 1. The maximum atomic E-state index is 11.9. The average molecular weight is 474 g/mol. The van der Waals surface area contributed by atoms with Crippen molar-refractivity contribution in [2.24, 2.45) is 0 Å². The van der Waals surface area contributed by atoms with Gasteiger partial charge in [-0.1, -0.05) is 0 Å². The second-order valence-corrected chi connectivity index (χ2v) is 6.94. The number of carboxylic acids is 1. The lowest BCUT2D eigenvalue weighted by Gasteiger charge is -2.20. The van der Waals surface area contributed by atoms with E-state index in [1.54, 1.807) is 26.8 Å². The van der Waals surface area contributed by atoms with Crippen LogP contribution in [0, 0.1) is 7.14 Å². The van der Waals surface area contributed by atoms with Gasteiger partial charge in [0.2, 0.25) is 0 Å². The summed E-state index contributed by atoms with van der Waals surface area (Å²) in [5.41, 5.74) is 0.00379. The van der Waals surface area contributed by atoms with E-state index in [0.29, 0.717) is 12.7 Å². The molecule has 0 saturated carbocycles. The first-order valence-electron chi connectivity index (χ1n) is 5.07. The van der Waals surface area contributed by atoms with Crippen molar-refractivity contribution < 1.29 is 19.4 Å². The smallest absolute Gasteiger partial charge is 0.339 e. The second-order valence-electron chi connectivity index (χ2n) is 4.62. The van der Waals surface area contributed by atoms with Gasteiger partial charge in [0.25, 0.3) is 0 Å². The van der Waals surface area contributed by atoms with Crippen molar-refractivity contribution in [1.29, 1.82) is 0 Å². The van der Waals surface area contributed by atoms with Crippen molar-refractivity contribution in [3.63, 3.8) is 0 Å². The molecule has 0 aliphatic heterocycles. The van der Waals surface area contributed by atoms with Crippen LogP contribution < -0.4 is 0 Å². The van der Waals surface area contributed by atoms with Crippen molar-refractivity contribution in [2.75, 3.05) is 0 Å². The van der Waals surface area contributed by atoms with Gasteiger partial charge in [-0.2, -0.15) is 0 Å². The first-order valence-corrected chi connectivity index (χ1v) is 7.23. The molecule has 1 aromatic carbocycles. The molecule has 1 N–H and O–H groups in total. The van der Waals surface area contributed by atoms with E-state index >= 15 is 0 Å². The molecule has 1 aromatic rings. The summed E-state index contributed by atoms with van der Waals surface area (Å²) in [7, 11) is 0. The van der Waals surface area contributed by atoms with Gasteiger partial charge < -0.3 is 9.84 Å². The Labute approximate surface area is 132 Å². The Bertz CT molecular complexity index is 504. The molecular weight excluding hydrogens is 462 g/mol. The van der Waals surface area contributed by atoms with Crippen molar-refractivity contribution in [1.82, 2.24) is 0 Å². The fraction of sp³-hybridized carbons (Fsp3) is 0.333. The normalized spacial score (nSPS) is 11.2. The summed E-state index contributed by atoms with van der Waals surface area (Å²) in [6, 6.07) is 3.02. The second kappa shape index (κ2) is 5.72. The molecule has 0 spiro atoms. The third kappa shape index (κ3) is 4.08. The highest BCUT2D eigenvalue weighted by molar-refractivity contribution is 14.1. The molecule has 1 rings (SSSR count). The van der Waals surface area contributed by atoms with Crippen molar-refractivity contribution >= 4 is 57.1 Å². The standard InChI is InChI=1S/C12H12I2O4/c1-12(2,3)18-11(17)7-5-8(13)6(10(15)16)4-9(7)14/h4-5H,1-3H3,(H,15,16). The molecule has 98 valence electrons. The van der Waals surface area contributed by atoms with Crippen LogP contribution >= 0.6 is 45.2 Å². The number of carbonyl (C=O) groups excluding carboxylic acids is 1. The molecule has 0 radical (unpaired) electrons. The van der Waals surface area contributed by atoms with Crippen molar-refractivity contribution in [3.8, 4) is 0 Å². The van der Waals surface area contributed by atoms with Gasteiger partial charge in [0.05, 0.1) is 11.1 Å². The van der Waals surface area contributed by atoms with E-state index in [0.717, 1.165) is 0 Å². The van der Waals surface area contributed by atoms with E-state index in [4.69, 9.17) is 9.84 Å². The highest BCUT2D eigenvalue weighted by Crippen LogP contribution is 2.23. The number of rotatable bonds is 2. The van der Waals surface area contributed by atoms with Crippen LogP contribution in [0.3, 0.4) is 0 Å². The van der Waals surface area contributed by atoms with Gasteiger partial charge in [0, 0.05) is 7.14 Å². The third-order valence-electron chi connectivity index (χ3n) is 1.91. The summed E-state index contributed by atoms with van der Waals surface area (Å²) in [6.45, 7) is 5.36. The molecule has 0 atom stereocenters. The number of esters is 1. The minimum Gasteiger partial charge on any atom is -0.478 e. The Morgan fingerprint density at radius 3 is 2.00 bits per heavy atom. The van der Waals surface area contributed by atoms with Crippen LogP contribution in [-0.2, 0) is 4.74 Å². The fourth-order valence-corrected chi connectivity index (χ4v) is 2.59. The molecule has 0 saturated heterocycles. The molecule has 0 aliphatic carbocycles. The number of benzene rings is 1. The Morgan fingerprint density at radius 1 is 1.11 bits per heavy atom. The largest absolute Gasteiger partial charge is 0.478 e. The molecule has 0 amide bonds. The minimum absolute atomic E-state index is 0.187. The van der Waals surface area contributed by atoms with Gasteiger partial charge in [-0.05, 0) is 78.1 Å². The summed E-state index contributed by atoms with van der Waals surface area (Å²) in [6.07, 6.45) is 0. The van der Waals surface area contributed by atoms with Gasteiger partial charge in [-0.3, -0.25) is 0 Å². The SMILES string of the molecule is CC(C)(C)OC(=O)c1cc(I)c(C(=O)O)cc1I. The fourth-order valence-electron chi connectivity index (χ4n) is 1.20. The van der Waals surface area contributed by atoms with Crippen LogP contribution in [0.15, 0.2) is 12.1 Å². The zero-order chi connectivity index (χ0) is 14.1. The molecule has 6 heteroatoms. The first kappa shape index (κ1) is 15.7. The molecule has 18 heavy (non-hydrogen) atoms. The molecule has 0 fully saturated rings. The Kier molecular flexibility index (Phi) is 4.98. The van der Waals surface area contributed by atoms with E-state index < -0.39 is 17.5 Å². The predicted molar refractivity (Wildman–Crippen MR) is 84.0 cm³/mol. The molecule has 0 aliphatic rings. The maximum absolute atomic E-state index is 11.9. The molecule has 4 nitrogen and oxygen atoms in total. The van der Waals surface area contributed by atoms with Crippen LogP contribution in [-0.4, -0.2) is 22.6 Å². The summed E-state index contributed by atoms with van der Waals surface area (Å²) in [4.78, 5) is 22.9. The van der Waals surface area contributed by atoms with Crippen molar-refractivity contribution in [3.05, 3.63) is 30.4 Å². The number of hydrogen-bond acceptors (Lipinski definition) is 3. The number of ether oxygens (including phenoxy) is 1. The monoisotopic (exact) mass is 474 g/mol. The zero-order valence-electron chi connectivity index (χ0n) is 10.1. The topological polar surface area (TPSA) is 63.6 Å². The quantitative estimate of drug-likeness (QED) is 0.527. The number of carboxylic acid groups (broad SMARTS) is 1. The van der Waals surface area contributed by atoms with E-state index in [-0.39, 0.29) is 5.56 Å².